The smallest absolute Gasteiger partial charge is 0.254 e. The second-order valence-electron chi connectivity index (χ2n) is 7.88. The highest BCUT2D eigenvalue weighted by Gasteiger charge is 2.42. The summed E-state index contributed by atoms with van der Waals surface area (Å²) in [5.74, 6) is 0.338. The van der Waals surface area contributed by atoms with Crippen molar-refractivity contribution in [3.05, 3.63) is 0 Å². The Kier molecular flexibility index (Phi) is 5.96. The quantitative estimate of drug-likeness (QED) is 0.722. The van der Waals surface area contributed by atoms with Gasteiger partial charge in [-0.25, -0.2) is 0 Å². The molecule has 142 valence electrons. The number of nitrogens with zero attached hydrogens (tertiary/aromatic N) is 3. The summed E-state index contributed by atoms with van der Waals surface area (Å²) >= 11 is 0. The molecule has 0 radical (unpaired) electrons. The van der Waals surface area contributed by atoms with E-state index >= 15 is 0 Å². The molecular weight excluding hydrogens is 322 g/mol. The third-order valence-electron chi connectivity index (χ3n) is 5.79. The van der Waals surface area contributed by atoms with Gasteiger partial charge in [0.05, 0.1) is 19.8 Å². The molecule has 3 rings (SSSR count). The number of hydrogen-bond donors (Lipinski definition) is 0. The van der Waals surface area contributed by atoms with Gasteiger partial charge < -0.3 is 24.2 Å². The van der Waals surface area contributed by atoms with Gasteiger partial charge in [-0.05, 0) is 38.8 Å². The minimum atomic E-state index is -0.438. The zero-order valence-corrected chi connectivity index (χ0v) is 15.5. The van der Waals surface area contributed by atoms with Gasteiger partial charge in [0.1, 0.15) is 0 Å². The number of hydrogen-bond acceptors (Lipinski definition) is 5. The molecule has 3 heterocycles. The van der Waals surface area contributed by atoms with Crippen molar-refractivity contribution in [2.24, 2.45) is 5.41 Å². The second-order valence-corrected chi connectivity index (χ2v) is 7.88. The minimum absolute atomic E-state index is 0.0610. The highest BCUT2D eigenvalue weighted by atomic mass is 16.6. The maximum atomic E-state index is 12.6. The van der Waals surface area contributed by atoms with E-state index in [1.807, 2.05) is 23.9 Å². The van der Waals surface area contributed by atoms with Crippen molar-refractivity contribution < 1.29 is 19.1 Å². The topological polar surface area (TPSA) is 62.3 Å². The molecule has 0 aliphatic carbocycles. The van der Waals surface area contributed by atoms with Gasteiger partial charge in [-0.2, -0.15) is 0 Å². The van der Waals surface area contributed by atoms with Crippen molar-refractivity contribution in [1.29, 1.82) is 0 Å². The van der Waals surface area contributed by atoms with E-state index in [4.69, 9.17) is 9.47 Å². The fourth-order valence-electron chi connectivity index (χ4n) is 4.07. The molecular formula is C18H31N3O4. The van der Waals surface area contributed by atoms with Crippen molar-refractivity contribution in [3.63, 3.8) is 0 Å². The Bertz CT molecular complexity index is 483. The number of carbonyl (C=O) groups excluding carboxylic acids is 2. The number of ether oxygens (including phenoxy) is 2. The molecule has 3 saturated heterocycles. The molecule has 0 aromatic carbocycles. The molecule has 7 heteroatoms. The van der Waals surface area contributed by atoms with Gasteiger partial charge in [0.2, 0.25) is 5.91 Å². The molecule has 0 saturated carbocycles. The van der Waals surface area contributed by atoms with E-state index in [-0.39, 0.29) is 17.2 Å². The van der Waals surface area contributed by atoms with Crippen LogP contribution in [-0.4, -0.2) is 99.3 Å². The van der Waals surface area contributed by atoms with Crippen LogP contribution in [0.2, 0.25) is 0 Å². The number of amides is 2. The van der Waals surface area contributed by atoms with Crippen LogP contribution in [0.25, 0.3) is 0 Å². The first-order valence-electron chi connectivity index (χ1n) is 9.40. The summed E-state index contributed by atoms with van der Waals surface area (Å²) in [6.07, 6.45) is 3.10. The van der Waals surface area contributed by atoms with Crippen molar-refractivity contribution >= 4 is 11.8 Å². The van der Waals surface area contributed by atoms with Gasteiger partial charge in [-0.1, -0.05) is 0 Å². The molecule has 0 bridgehead atoms. The van der Waals surface area contributed by atoms with E-state index in [0.29, 0.717) is 26.2 Å². The fourth-order valence-corrected chi connectivity index (χ4v) is 4.07. The molecule has 3 aliphatic rings. The van der Waals surface area contributed by atoms with Crippen molar-refractivity contribution in [1.82, 2.24) is 14.7 Å². The van der Waals surface area contributed by atoms with Gasteiger partial charge >= 0.3 is 0 Å². The monoisotopic (exact) mass is 353 g/mol. The van der Waals surface area contributed by atoms with Crippen LogP contribution in [0.1, 0.15) is 25.7 Å². The largest absolute Gasteiger partial charge is 0.376 e. The number of likely N-dealkylation sites (tertiary alicyclic amines) is 2. The SMILES string of the molecule is CN(C)CCN1CC2(CCC1=O)CCN(C(=O)C1COCCO1)CC2. The highest BCUT2D eigenvalue weighted by molar-refractivity contribution is 5.81. The number of carbonyl (C=O) groups is 2. The molecule has 0 N–H and O–H groups in total. The maximum absolute atomic E-state index is 12.6. The second kappa shape index (κ2) is 8.01. The average Bonchev–Trinajstić information content (AvgIpc) is 2.63. The summed E-state index contributed by atoms with van der Waals surface area (Å²) in [7, 11) is 4.07. The molecule has 25 heavy (non-hydrogen) atoms. The van der Waals surface area contributed by atoms with Crippen LogP contribution in [0.4, 0.5) is 0 Å². The van der Waals surface area contributed by atoms with Gasteiger partial charge in [0, 0.05) is 39.1 Å². The zero-order valence-electron chi connectivity index (χ0n) is 15.5. The number of piperidine rings is 2. The Morgan fingerprint density at radius 3 is 2.64 bits per heavy atom. The first kappa shape index (κ1) is 18.6. The van der Waals surface area contributed by atoms with E-state index < -0.39 is 6.10 Å². The summed E-state index contributed by atoms with van der Waals surface area (Å²) in [5, 5.41) is 0. The number of likely N-dealkylation sites (N-methyl/N-ethyl adjacent to an activating group) is 1. The van der Waals surface area contributed by atoms with Crippen LogP contribution >= 0.6 is 0 Å². The van der Waals surface area contributed by atoms with Crippen LogP contribution in [0.3, 0.4) is 0 Å². The summed E-state index contributed by atoms with van der Waals surface area (Å²) in [6.45, 7) is 5.48. The van der Waals surface area contributed by atoms with E-state index in [1.54, 1.807) is 0 Å². The summed E-state index contributed by atoms with van der Waals surface area (Å²) in [4.78, 5) is 30.9. The van der Waals surface area contributed by atoms with Crippen LogP contribution in [0, 0.1) is 5.41 Å². The normalized spacial score (nSPS) is 27.2. The maximum Gasteiger partial charge on any atom is 0.254 e. The summed E-state index contributed by atoms with van der Waals surface area (Å²) < 4.78 is 10.9. The predicted molar refractivity (Wildman–Crippen MR) is 93.2 cm³/mol. The van der Waals surface area contributed by atoms with Crippen molar-refractivity contribution in [3.8, 4) is 0 Å². The molecule has 3 aliphatic heterocycles. The molecule has 0 aromatic rings. The third-order valence-corrected chi connectivity index (χ3v) is 5.79. The molecule has 7 nitrogen and oxygen atoms in total. The lowest BCUT2D eigenvalue weighted by atomic mass is 9.72. The van der Waals surface area contributed by atoms with E-state index in [2.05, 4.69) is 4.90 Å². The molecule has 1 spiro atoms. The molecule has 3 fully saturated rings. The standard InChI is InChI=1S/C18H31N3O4/c1-19(2)9-10-21-14-18(4-3-16(21)22)5-7-20(8-6-18)17(23)15-13-24-11-12-25-15/h15H,3-14H2,1-2H3. The predicted octanol–water partition coefficient (Wildman–Crippen LogP) is 0.195. The Balaban J connectivity index is 1.53. The fraction of sp³-hybridized carbons (Fsp3) is 0.889. The van der Waals surface area contributed by atoms with Crippen molar-refractivity contribution in [2.75, 3.05) is 66.6 Å². The van der Waals surface area contributed by atoms with Crippen LogP contribution < -0.4 is 0 Å². The van der Waals surface area contributed by atoms with Crippen LogP contribution in [0.15, 0.2) is 0 Å². The molecule has 1 atom stereocenters. The minimum Gasteiger partial charge on any atom is -0.376 e. The highest BCUT2D eigenvalue weighted by Crippen LogP contribution is 2.40. The van der Waals surface area contributed by atoms with E-state index in [1.165, 1.54) is 0 Å². The van der Waals surface area contributed by atoms with Gasteiger partial charge in [-0.15, -0.1) is 0 Å². The third kappa shape index (κ3) is 4.51. The van der Waals surface area contributed by atoms with Gasteiger partial charge in [0.25, 0.3) is 5.91 Å². The lowest BCUT2D eigenvalue weighted by Crippen LogP contribution is -2.55. The van der Waals surface area contributed by atoms with Crippen LogP contribution in [-0.2, 0) is 19.1 Å². The lowest BCUT2D eigenvalue weighted by Gasteiger charge is -2.48. The molecule has 1 unspecified atom stereocenters. The summed E-state index contributed by atoms with van der Waals surface area (Å²) in [6, 6.07) is 0. The Hall–Kier alpha value is -1.18. The Labute approximate surface area is 150 Å². The zero-order chi connectivity index (χ0) is 17.9. The Morgan fingerprint density at radius 1 is 1.24 bits per heavy atom. The first-order chi connectivity index (χ1) is 12.0. The summed E-state index contributed by atoms with van der Waals surface area (Å²) in [5.41, 5.74) is 0.181. The Morgan fingerprint density at radius 2 is 2.00 bits per heavy atom. The van der Waals surface area contributed by atoms with Crippen molar-refractivity contribution in [2.45, 2.75) is 31.8 Å². The average molecular weight is 353 g/mol. The van der Waals surface area contributed by atoms with E-state index in [0.717, 1.165) is 52.0 Å². The lowest BCUT2D eigenvalue weighted by molar-refractivity contribution is -0.161. The van der Waals surface area contributed by atoms with Gasteiger partial charge in [-0.3, -0.25) is 9.59 Å². The molecule has 0 aromatic heterocycles. The van der Waals surface area contributed by atoms with E-state index in [9.17, 15) is 9.59 Å². The molecule has 2 amide bonds. The first-order valence-corrected chi connectivity index (χ1v) is 9.40. The van der Waals surface area contributed by atoms with Crippen LogP contribution in [0.5, 0.6) is 0 Å². The number of rotatable bonds is 4. The van der Waals surface area contributed by atoms with Gasteiger partial charge in [0.15, 0.2) is 6.10 Å².